The van der Waals surface area contributed by atoms with Gasteiger partial charge >= 0.3 is 0 Å². The second-order valence-corrected chi connectivity index (χ2v) is 3.90. The number of aryl methyl sites for hydroxylation is 2. The maximum absolute atomic E-state index is 6.04. The molecule has 1 heterocycles. The quantitative estimate of drug-likeness (QED) is 0.763. The van der Waals surface area contributed by atoms with Crippen molar-refractivity contribution in [2.45, 2.75) is 33.2 Å². The Bertz CT molecular complexity index is 294. The van der Waals surface area contributed by atoms with Crippen LogP contribution in [0.5, 0.6) is 0 Å². The molecule has 1 rings (SSSR count). The zero-order valence-corrected chi connectivity index (χ0v) is 9.86. The van der Waals surface area contributed by atoms with Gasteiger partial charge in [0.05, 0.1) is 16.4 Å². The van der Waals surface area contributed by atoms with Gasteiger partial charge in [-0.3, -0.25) is 4.68 Å². The summed E-state index contributed by atoms with van der Waals surface area (Å²) in [6.07, 6.45) is 2.31. The number of unbranched alkanes of at least 4 members (excludes halogenated alkanes) is 1. The van der Waals surface area contributed by atoms with Gasteiger partial charge in [-0.25, -0.2) is 0 Å². The summed E-state index contributed by atoms with van der Waals surface area (Å²) in [5.74, 6) is 0. The van der Waals surface area contributed by atoms with Gasteiger partial charge in [-0.05, 0) is 40.3 Å². The number of nitrogens with zero attached hydrogens (tertiary/aromatic N) is 2. The largest absolute Gasteiger partial charge is 0.320 e. The van der Waals surface area contributed by atoms with E-state index in [1.54, 1.807) is 0 Å². The Balaban J connectivity index is 2.47. The number of hydrogen-bond donors (Lipinski definition) is 1. The second-order valence-electron chi connectivity index (χ2n) is 3.52. The summed E-state index contributed by atoms with van der Waals surface area (Å²) in [6, 6.07) is 0. The van der Waals surface area contributed by atoms with Crippen molar-refractivity contribution in [3.63, 3.8) is 0 Å². The molecule has 1 aromatic heterocycles. The van der Waals surface area contributed by atoms with E-state index in [4.69, 9.17) is 11.6 Å². The SMILES string of the molecule is CNCCCCn1nc(C)c(Cl)c1C. The molecule has 80 valence electrons. The average Bonchev–Trinajstić information content (AvgIpc) is 2.41. The topological polar surface area (TPSA) is 29.9 Å². The Morgan fingerprint density at radius 3 is 2.57 bits per heavy atom. The molecule has 4 heteroatoms. The first-order valence-electron chi connectivity index (χ1n) is 5.01. The van der Waals surface area contributed by atoms with E-state index < -0.39 is 0 Å². The summed E-state index contributed by atoms with van der Waals surface area (Å²) in [7, 11) is 1.97. The standard InChI is InChI=1S/C10H18ClN3/c1-8-10(11)9(2)14(13-8)7-5-4-6-12-3/h12H,4-7H2,1-3H3. The van der Waals surface area contributed by atoms with Crippen molar-refractivity contribution < 1.29 is 0 Å². The first kappa shape index (κ1) is 11.5. The van der Waals surface area contributed by atoms with Gasteiger partial charge in [0.1, 0.15) is 0 Å². The molecule has 0 saturated carbocycles. The zero-order valence-electron chi connectivity index (χ0n) is 9.10. The summed E-state index contributed by atoms with van der Waals surface area (Å²) < 4.78 is 1.99. The molecular formula is C10H18ClN3. The van der Waals surface area contributed by atoms with Crippen LogP contribution in [0.4, 0.5) is 0 Å². The summed E-state index contributed by atoms with van der Waals surface area (Å²) in [5.41, 5.74) is 2.01. The molecule has 3 nitrogen and oxygen atoms in total. The van der Waals surface area contributed by atoms with E-state index in [9.17, 15) is 0 Å². The Morgan fingerprint density at radius 2 is 2.07 bits per heavy atom. The molecule has 0 atom stereocenters. The third kappa shape index (κ3) is 2.72. The van der Waals surface area contributed by atoms with E-state index in [1.807, 2.05) is 25.6 Å². The minimum atomic E-state index is 0.804. The highest BCUT2D eigenvalue weighted by Crippen LogP contribution is 2.18. The first-order valence-corrected chi connectivity index (χ1v) is 5.38. The Morgan fingerprint density at radius 1 is 1.36 bits per heavy atom. The highest BCUT2D eigenvalue weighted by Gasteiger charge is 2.07. The van der Waals surface area contributed by atoms with Crippen molar-refractivity contribution in [1.82, 2.24) is 15.1 Å². The van der Waals surface area contributed by atoms with Crippen molar-refractivity contribution in [3.8, 4) is 0 Å². The summed E-state index contributed by atoms with van der Waals surface area (Å²) >= 11 is 6.04. The molecule has 0 aromatic carbocycles. The fraction of sp³-hybridized carbons (Fsp3) is 0.700. The smallest absolute Gasteiger partial charge is 0.0844 e. The fourth-order valence-electron chi connectivity index (χ4n) is 1.46. The number of rotatable bonds is 5. The number of nitrogens with one attached hydrogen (secondary N) is 1. The highest BCUT2D eigenvalue weighted by atomic mass is 35.5. The van der Waals surface area contributed by atoms with Crippen LogP contribution in [0.3, 0.4) is 0 Å². The number of hydrogen-bond acceptors (Lipinski definition) is 2. The van der Waals surface area contributed by atoms with Crippen LogP contribution in [0.25, 0.3) is 0 Å². The maximum Gasteiger partial charge on any atom is 0.0844 e. The van der Waals surface area contributed by atoms with E-state index in [2.05, 4.69) is 10.4 Å². The lowest BCUT2D eigenvalue weighted by molar-refractivity contribution is 0.535. The van der Waals surface area contributed by atoms with Crippen LogP contribution in [0.2, 0.25) is 5.02 Å². The molecule has 0 aliphatic carbocycles. The van der Waals surface area contributed by atoms with Gasteiger partial charge in [0, 0.05) is 6.54 Å². The third-order valence-electron chi connectivity index (χ3n) is 2.34. The normalized spacial score (nSPS) is 10.9. The first-order chi connectivity index (χ1) is 6.66. The summed E-state index contributed by atoms with van der Waals surface area (Å²) in [4.78, 5) is 0. The van der Waals surface area contributed by atoms with Crippen molar-refractivity contribution in [1.29, 1.82) is 0 Å². The van der Waals surface area contributed by atoms with Crippen LogP contribution in [-0.4, -0.2) is 23.4 Å². The second kappa shape index (κ2) is 5.37. The minimum Gasteiger partial charge on any atom is -0.320 e. The summed E-state index contributed by atoms with van der Waals surface area (Å²) in [5, 5.41) is 8.31. The summed E-state index contributed by atoms with van der Waals surface area (Å²) in [6.45, 7) is 5.98. The van der Waals surface area contributed by atoms with Crippen molar-refractivity contribution in [3.05, 3.63) is 16.4 Å². The van der Waals surface area contributed by atoms with E-state index in [-0.39, 0.29) is 0 Å². The molecule has 0 saturated heterocycles. The van der Waals surface area contributed by atoms with Crippen LogP contribution >= 0.6 is 11.6 Å². The lowest BCUT2D eigenvalue weighted by atomic mass is 10.3. The zero-order chi connectivity index (χ0) is 10.6. The Kier molecular flexibility index (Phi) is 4.42. The number of halogens is 1. The van der Waals surface area contributed by atoms with Crippen LogP contribution in [0.1, 0.15) is 24.2 Å². The molecule has 14 heavy (non-hydrogen) atoms. The molecule has 0 amide bonds. The molecule has 1 N–H and O–H groups in total. The van der Waals surface area contributed by atoms with Crippen LogP contribution in [-0.2, 0) is 6.54 Å². The van der Waals surface area contributed by atoms with Crippen LogP contribution in [0, 0.1) is 13.8 Å². The fourth-order valence-corrected chi connectivity index (χ4v) is 1.59. The van der Waals surface area contributed by atoms with Crippen molar-refractivity contribution >= 4 is 11.6 Å². The van der Waals surface area contributed by atoms with Gasteiger partial charge in [0.15, 0.2) is 0 Å². The van der Waals surface area contributed by atoms with Crippen LogP contribution in [0.15, 0.2) is 0 Å². The van der Waals surface area contributed by atoms with Crippen molar-refractivity contribution in [2.24, 2.45) is 0 Å². The molecule has 0 spiro atoms. The predicted molar refractivity (Wildman–Crippen MR) is 59.9 cm³/mol. The Labute approximate surface area is 90.4 Å². The van der Waals surface area contributed by atoms with E-state index >= 15 is 0 Å². The van der Waals surface area contributed by atoms with E-state index in [0.29, 0.717) is 0 Å². The minimum absolute atomic E-state index is 0.804. The molecular weight excluding hydrogens is 198 g/mol. The van der Waals surface area contributed by atoms with Crippen LogP contribution < -0.4 is 5.32 Å². The van der Waals surface area contributed by atoms with E-state index in [1.165, 1.54) is 6.42 Å². The van der Waals surface area contributed by atoms with Gasteiger partial charge in [-0.15, -0.1) is 0 Å². The third-order valence-corrected chi connectivity index (χ3v) is 2.89. The van der Waals surface area contributed by atoms with E-state index in [0.717, 1.165) is 35.9 Å². The van der Waals surface area contributed by atoms with Gasteiger partial charge in [0.25, 0.3) is 0 Å². The molecule has 0 aliphatic rings. The molecule has 0 unspecified atom stereocenters. The highest BCUT2D eigenvalue weighted by molar-refractivity contribution is 6.31. The molecule has 0 fully saturated rings. The lowest BCUT2D eigenvalue weighted by Gasteiger charge is -2.03. The monoisotopic (exact) mass is 215 g/mol. The average molecular weight is 216 g/mol. The lowest BCUT2D eigenvalue weighted by Crippen LogP contribution is -2.09. The van der Waals surface area contributed by atoms with Gasteiger partial charge in [0.2, 0.25) is 0 Å². The number of aromatic nitrogens is 2. The predicted octanol–water partition coefficient (Wildman–Crippen LogP) is 2.15. The maximum atomic E-state index is 6.04. The molecule has 0 aliphatic heterocycles. The Hall–Kier alpha value is -0.540. The molecule has 0 bridgehead atoms. The van der Waals surface area contributed by atoms with Gasteiger partial charge < -0.3 is 5.32 Å². The van der Waals surface area contributed by atoms with Crippen molar-refractivity contribution in [2.75, 3.05) is 13.6 Å². The van der Waals surface area contributed by atoms with Gasteiger partial charge in [-0.2, -0.15) is 5.10 Å². The van der Waals surface area contributed by atoms with Gasteiger partial charge in [-0.1, -0.05) is 11.6 Å². The molecule has 0 radical (unpaired) electrons. The molecule has 1 aromatic rings.